The summed E-state index contributed by atoms with van der Waals surface area (Å²) in [6.45, 7) is 2.17. The summed E-state index contributed by atoms with van der Waals surface area (Å²) in [5.41, 5.74) is 1.87. The zero-order valence-electron chi connectivity index (χ0n) is 15.2. The highest BCUT2D eigenvalue weighted by atomic mass is 16.5. The van der Waals surface area contributed by atoms with Gasteiger partial charge in [0.05, 0.1) is 18.2 Å². The molecule has 4 aromatic rings. The number of aromatic nitrogens is 6. The molecular formula is C20H19N7O. The maximum absolute atomic E-state index is 5.75. The van der Waals surface area contributed by atoms with E-state index >= 15 is 0 Å². The molecule has 140 valence electrons. The number of hydrogen-bond donors (Lipinski definition) is 1. The monoisotopic (exact) mass is 373 g/mol. The molecule has 1 aliphatic rings. The minimum absolute atomic E-state index is 0.0724. The van der Waals surface area contributed by atoms with E-state index in [1.807, 2.05) is 6.07 Å². The van der Waals surface area contributed by atoms with E-state index in [2.05, 4.69) is 54.6 Å². The fourth-order valence-corrected chi connectivity index (χ4v) is 3.65. The predicted octanol–water partition coefficient (Wildman–Crippen LogP) is 2.38. The molecule has 5 rings (SSSR count). The Hall–Kier alpha value is -3.39. The maximum Gasteiger partial charge on any atom is 0.252 e. The van der Waals surface area contributed by atoms with Crippen LogP contribution in [0.5, 0.6) is 0 Å². The normalized spacial score (nSPS) is 19.1. The highest BCUT2D eigenvalue weighted by Crippen LogP contribution is 2.34. The Morgan fingerprint density at radius 2 is 1.89 bits per heavy atom. The molecule has 0 aliphatic carbocycles. The summed E-state index contributed by atoms with van der Waals surface area (Å²) in [6, 6.07) is 12.3. The van der Waals surface area contributed by atoms with Crippen LogP contribution in [0.4, 0.5) is 5.82 Å². The number of fused-ring (bicyclic) bond motifs is 1. The number of rotatable bonds is 5. The Balaban J connectivity index is 1.47. The lowest BCUT2D eigenvalue weighted by Gasteiger charge is -2.28. The van der Waals surface area contributed by atoms with Gasteiger partial charge in [-0.1, -0.05) is 30.3 Å². The van der Waals surface area contributed by atoms with Gasteiger partial charge in [0.25, 0.3) is 5.95 Å². The standard InChI is InChI=1S/C20H19N7O/c1-2-5-15(6-3-1)20(7-10-28-13-20)12-23-17-16-11-26-27(18(16)25-14-24-17)19-21-8-4-9-22-19/h1-6,8-9,11,14H,7,10,12-13H2,(H,23,24,25). The van der Waals surface area contributed by atoms with E-state index in [0.717, 1.165) is 30.8 Å². The van der Waals surface area contributed by atoms with E-state index in [1.165, 1.54) is 11.9 Å². The van der Waals surface area contributed by atoms with Crippen molar-refractivity contribution >= 4 is 16.9 Å². The second kappa shape index (κ2) is 6.97. The lowest BCUT2D eigenvalue weighted by atomic mass is 9.80. The number of ether oxygens (including phenoxy) is 1. The van der Waals surface area contributed by atoms with Crippen LogP contribution in [-0.4, -0.2) is 49.5 Å². The molecule has 0 bridgehead atoms. The van der Waals surface area contributed by atoms with Gasteiger partial charge >= 0.3 is 0 Å². The molecule has 3 aromatic heterocycles. The summed E-state index contributed by atoms with van der Waals surface area (Å²) in [4.78, 5) is 17.3. The van der Waals surface area contributed by atoms with Crippen LogP contribution in [0.25, 0.3) is 17.0 Å². The SMILES string of the molecule is c1ccc(C2(CNc3ncnc4c3cnn4-c3ncccn3)CCOC2)cc1. The van der Waals surface area contributed by atoms with Gasteiger partial charge in [0, 0.05) is 31.0 Å². The van der Waals surface area contributed by atoms with Crippen LogP contribution in [0.2, 0.25) is 0 Å². The Labute approximate surface area is 161 Å². The van der Waals surface area contributed by atoms with Crippen LogP contribution < -0.4 is 5.32 Å². The first-order valence-electron chi connectivity index (χ1n) is 9.19. The van der Waals surface area contributed by atoms with Gasteiger partial charge in [-0.15, -0.1) is 0 Å². The van der Waals surface area contributed by atoms with Crippen molar-refractivity contribution in [1.82, 2.24) is 29.7 Å². The molecule has 8 nitrogen and oxygen atoms in total. The van der Waals surface area contributed by atoms with Gasteiger partial charge in [0.1, 0.15) is 12.1 Å². The first kappa shape index (κ1) is 16.8. The molecule has 1 N–H and O–H groups in total. The minimum atomic E-state index is -0.0724. The van der Waals surface area contributed by atoms with Crippen LogP contribution in [0.3, 0.4) is 0 Å². The van der Waals surface area contributed by atoms with Gasteiger partial charge in [0.2, 0.25) is 0 Å². The second-order valence-electron chi connectivity index (χ2n) is 6.87. The van der Waals surface area contributed by atoms with Gasteiger partial charge in [0.15, 0.2) is 5.65 Å². The Morgan fingerprint density at radius 1 is 1.04 bits per heavy atom. The third-order valence-corrected chi connectivity index (χ3v) is 5.19. The molecule has 1 atom stereocenters. The number of nitrogens with one attached hydrogen (secondary N) is 1. The predicted molar refractivity (Wildman–Crippen MR) is 104 cm³/mol. The summed E-state index contributed by atoms with van der Waals surface area (Å²) in [7, 11) is 0. The van der Waals surface area contributed by atoms with Gasteiger partial charge in [-0.2, -0.15) is 9.78 Å². The van der Waals surface area contributed by atoms with E-state index in [4.69, 9.17) is 4.74 Å². The fraction of sp³-hybridized carbons (Fsp3) is 0.250. The molecule has 0 amide bonds. The van der Waals surface area contributed by atoms with Crippen molar-refractivity contribution in [2.24, 2.45) is 0 Å². The summed E-state index contributed by atoms with van der Waals surface area (Å²) >= 11 is 0. The zero-order chi connectivity index (χ0) is 18.8. The summed E-state index contributed by atoms with van der Waals surface area (Å²) < 4.78 is 7.37. The average molecular weight is 373 g/mol. The molecule has 8 heteroatoms. The number of benzene rings is 1. The molecule has 28 heavy (non-hydrogen) atoms. The minimum Gasteiger partial charge on any atom is -0.380 e. The molecule has 1 saturated heterocycles. The van der Waals surface area contributed by atoms with Crippen molar-refractivity contribution in [2.75, 3.05) is 25.1 Å². The number of hydrogen-bond acceptors (Lipinski definition) is 7. The van der Waals surface area contributed by atoms with E-state index in [9.17, 15) is 0 Å². The average Bonchev–Trinajstić information content (AvgIpc) is 3.42. The molecular weight excluding hydrogens is 354 g/mol. The molecule has 0 spiro atoms. The lowest BCUT2D eigenvalue weighted by Crippen LogP contribution is -2.35. The third kappa shape index (κ3) is 2.87. The topological polar surface area (TPSA) is 90.6 Å². The first-order chi connectivity index (χ1) is 13.9. The molecule has 1 aromatic carbocycles. The van der Waals surface area contributed by atoms with Crippen molar-refractivity contribution in [1.29, 1.82) is 0 Å². The number of anilines is 1. The van der Waals surface area contributed by atoms with Crippen LogP contribution in [-0.2, 0) is 10.2 Å². The van der Waals surface area contributed by atoms with E-state index in [0.29, 0.717) is 18.2 Å². The Kier molecular flexibility index (Phi) is 4.17. The zero-order valence-corrected chi connectivity index (χ0v) is 15.2. The quantitative estimate of drug-likeness (QED) is 0.574. The largest absolute Gasteiger partial charge is 0.380 e. The van der Waals surface area contributed by atoms with Crippen molar-refractivity contribution in [3.05, 3.63) is 66.9 Å². The Morgan fingerprint density at radius 3 is 2.68 bits per heavy atom. The number of nitrogens with zero attached hydrogens (tertiary/aromatic N) is 6. The first-order valence-corrected chi connectivity index (χ1v) is 9.19. The lowest BCUT2D eigenvalue weighted by molar-refractivity contribution is 0.179. The van der Waals surface area contributed by atoms with Crippen molar-refractivity contribution in [2.45, 2.75) is 11.8 Å². The fourth-order valence-electron chi connectivity index (χ4n) is 3.65. The molecule has 1 unspecified atom stereocenters. The van der Waals surface area contributed by atoms with Crippen LogP contribution in [0, 0.1) is 0 Å². The van der Waals surface area contributed by atoms with Gasteiger partial charge in [-0.05, 0) is 18.1 Å². The molecule has 1 fully saturated rings. The van der Waals surface area contributed by atoms with Crippen LogP contribution >= 0.6 is 0 Å². The molecule has 0 radical (unpaired) electrons. The van der Waals surface area contributed by atoms with Crippen LogP contribution in [0.15, 0.2) is 61.3 Å². The van der Waals surface area contributed by atoms with Crippen molar-refractivity contribution in [3.63, 3.8) is 0 Å². The highest BCUT2D eigenvalue weighted by Gasteiger charge is 2.36. The second-order valence-corrected chi connectivity index (χ2v) is 6.87. The molecule has 1 aliphatic heterocycles. The van der Waals surface area contributed by atoms with Gasteiger partial charge in [-0.25, -0.2) is 19.9 Å². The van der Waals surface area contributed by atoms with E-state index < -0.39 is 0 Å². The maximum atomic E-state index is 5.75. The van der Waals surface area contributed by atoms with E-state index in [1.54, 1.807) is 29.3 Å². The summed E-state index contributed by atoms with van der Waals surface area (Å²) in [5, 5.41) is 8.75. The summed E-state index contributed by atoms with van der Waals surface area (Å²) in [6.07, 6.45) is 7.61. The van der Waals surface area contributed by atoms with Crippen LogP contribution in [0.1, 0.15) is 12.0 Å². The van der Waals surface area contributed by atoms with Crippen molar-refractivity contribution in [3.8, 4) is 5.95 Å². The Bertz CT molecular complexity index is 1080. The third-order valence-electron chi connectivity index (χ3n) is 5.19. The smallest absolute Gasteiger partial charge is 0.252 e. The van der Waals surface area contributed by atoms with E-state index in [-0.39, 0.29) is 5.41 Å². The molecule has 0 saturated carbocycles. The van der Waals surface area contributed by atoms with Gasteiger partial charge in [-0.3, -0.25) is 0 Å². The highest BCUT2D eigenvalue weighted by molar-refractivity contribution is 5.86. The summed E-state index contributed by atoms with van der Waals surface area (Å²) in [5.74, 6) is 1.22. The van der Waals surface area contributed by atoms with Gasteiger partial charge < -0.3 is 10.1 Å². The van der Waals surface area contributed by atoms with Crippen molar-refractivity contribution < 1.29 is 4.74 Å². The molecule has 4 heterocycles.